The monoisotopic (exact) mass is 383 g/mol. The molecule has 0 aromatic heterocycles. The summed E-state index contributed by atoms with van der Waals surface area (Å²) in [5.41, 5.74) is 3.47. The van der Waals surface area contributed by atoms with Crippen LogP contribution >= 0.6 is 0 Å². The van der Waals surface area contributed by atoms with E-state index in [2.05, 4.69) is 13.8 Å². The molecule has 148 valence electrons. The molecule has 0 bridgehead atoms. The van der Waals surface area contributed by atoms with Crippen LogP contribution in [0.25, 0.3) is 11.1 Å². The SMILES string of the molecule is COc1cc(C2=NC(C)(C)CO2)c(-c2ccccc2C2OCCO2)cc1OC. The third-order valence-corrected chi connectivity index (χ3v) is 4.85. The first-order valence-corrected chi connectivity index (χ1v) is 9.34. The summed E-state index contributed by atoms with van der Waals surface area (Å²) in [6, 6.07) is 11.9. The van der Waals surface area contributed by atoms with E-state index >= 15 is 0 Å². The highest BCUT2D eigenvalue weighted by Crippen LogP contribution is 2.41. The average molecular weight is 383 g/mol. The molecule has 0 aliphatic carbocycles. The van der Waals surface area contributed by atoms with Crippen molar-refractivity contribution in [1.82, 2.24) is 0 Å². The highest BCUT2D eigenvalue weighted by molar-refractivity contribution is 6.03. The summed E-state index contributed by atoms with van der Waals surface area (Å²) in [6.45, 7) is 5.80. The van der Waals surface area contributed by atoms with Gasteiger partial charge in [0.25, 0.3) is 0 Å². The molecule has 0 spiro atoms. The number of rotatable bonds is 5. The summed E-state index contributed by atoms with van der Waals surface area (Å²) in [4.78, 5) is 4.77. The normalized spacial score (nSPS) is 18.6. The van der Waals surface area contributed by atoms with Crippen LogP contribution in [-0.2, 0) is 14.2 Å². The summed E-state index contributed by atoms with van der Waals surface area (Å²) in [5.74, 6) is 1.87. The predicted octanol–water partition coefficient (Wildman–Crippen LogP) is 3.97. The third-order valence-electron chi connectivity index (χ3n) is 4.85. The van der Waals surface area contributed by atoms with Gasteiger partial charge in [0.05, 0.1) is 33.0 Å². The Morgan fingerprint density at radius 3 is 2.18 bits per heavy atom. The van der Waals surface area contributed by atoms with E-state index in [1.165, 1.54) is 0 Å². The lowest BCUT2D eigenvalue weighted by Crippen LogP contribution is -2.17. The van der Waals surface area contributed by atoms with Crippen molar-refractivity contribution in [3.8, 4) is 22.6 Å². The number of aliphatic imine (C=N–C) groups is 1. The summed E-state index contributed by atoms with van der Waals surface area (Å²) in [6.07, 6.45) is -0.389. The van der Waals surface area contributed by atoms with Crippen LogP contribution in [0.4, 0.5) is 0 Å². The van der Waals surface area contributed by atoms with Crippen molar-refractivity contribution >= 4 is 5.90 Å². The molecule has 0 unspecified atom stereocenters. The zero-order chi connectivity index (χ0) is 19.7. The van der Waals surface area contributed by atoms with Crippen LogP contribution in [0.3, 0.4) is 0 Å². The number of methoxy groups -OCH3 is 2. The van der Waals surface area contributed by atoms with Gasteiger partial charge in [-0.15, -0.1) is 0 Å². The second kappa shape index (κ2) is 7.45. The molecule has 1 fully saturated rings. The molecular weight excluding hydrogens is 358 g/mol. The van der Waals surface area contributed by atoms with E-state index < -0.39 is 0 Å². The maximum Gasteiger partial charge on any atom is 0.217 e. The van der Waals surface area contributed by atoms with Crippen LogP contribution in [0.1, 0.15) is 31.3 Å². The Morgan fingerprint density at radius 2 is 1.57 bits per heavy atom. The zero-order valence-electron chi connectivity index (χ0n) is 16.7. The average Bonchev–Trinajstić information content (AvgIpc) is 3.36. The van der Waals surface area contributed by atoms with Gasteiger partial charge in [-0.3, -0.25) is 0 Å². The van der Waals surface area contributed by atoms with Gasteiger partial charge in [-0.05, 0) is 37.1 Å². The Kier molecular flexibility index (Phi) is 5.00. The van der Waals surface area contributed by atoms with E-state index in [-0.39, 0.29) is 11.8 Å². The number of hydrogen-bond donors (Lipinski definition) is 0. The predicted molar refractivity (Wildman–Crippen MR) is 106 cm³/mol. The van der Waals surface area contributed by atoms with Gasteiger partial charge in [0.15, 0.2) is 17.8 Å². The second-order valence-electron chi connectivity index (χ2n) is 7.43. The van der Waals surface area contributed by atoms with Crippen LogP contribution in [0.15, 0.2) is 41.4 Å². The van der Waals surface area contributed by atoms with Gasteiger partial charge >= 0.3 is 0 Å². The molecule has 2 aliphatic rings. The molecule has 0 atom stereocenters. The molecule has 4 rings (SSSR count). The Labute approximate surface area is 165 Å². The molecule has 2 aromatic carbocycles. The number of hydrogen-bond acceptors (Lipinski definition) is 6. The Bertz CT molecular complexity index is 900. The van der Waals surface area contributed by atoms with E-state index in [1.54, 1.807) is 14.2 Å². The van der Waals surface area contributed by atoms with Crippen LogP contribution in [-0.4, -0.2) is 45.5 Å². The van der Waals surface area contributed by atoms with Gasteiger partial charge in [0.1, 0.15) is 6.61 Å². The molecule has 0 N–H and O–H groups in total. The molecule has 6 heteroatoms. The molecule has 0 saturated carbocycles. The fourth-order valence-corrected chi connectivity index (χ4v) is 3.49. The molecule has 0 radical (unpaired) electrons. The molecular formula is C22H25NO5. The first-order chi connectivity index (χ1) is 13.5. The Hall–Kier alpha value is -2.57. The lowest BCUT2D eigenvalue weighted by Gasteiger charge is -2.19. The quantitative estimate of drug-likeness (QED) is 0.782. The minimum atomic E-state index is -0.389. The van der Waals surface area contributed by atoms with Crippen LogP contribution in [0.5, 0.6) is 11.5 Å². The van der Waals surface area contributed by atoms with E-state index in [0.717, 1.165) is 22.3 Å². The van der Waals surface area contributed by atoms with E-state index in [9.17, 15) is 0 Å². The van der Waals surface area contributed by atoms with Gasteiger partial charge in [0, 0.05) is 11.1 Å². The van der Waals surface area contributed by atoms with Crippen molar-refractivity contribution in [1.29, 1.82) is 0 Å². The first-order valence-electron chi connectivity index (χ1n) is 9.34. The summed E-state index contributed by atoms with van der Waals surface area (Å²) in [7, 11) is 3.25. The zero-order valence-corrected chi connectivity index (χ0v) is 16.7. The third kappa shape index (κ3) is 3.45. The van der Waals surface area contributed by atoms with Crippen molar-refractivity contribution in [2.45, 2.75) is 25.7 Å². The van der Waals surface area contributed by atoms with Crippen molar-refractivity contribution in [2.24, 2.45) is 4.99 Å². The molecule has 6 nitrogen and oxygen atoms in total. The van der Waals surface area contributed by atoms with Crippen molar-refractivity contribution in [2.75, 3.05) is 34.0 Å². The minimum absolute atomic E-state index is 0.267. The van der Waals surface area contributed by atoms with Crippen molar-refractivity contribution in [3.05, 3.63) is 47.5 Å². The van der Waals surface area contributed by atoms with Gasteiger partial charge in [-0.25, -0.2) is 4.99 Å². The highest BCUT2D eigenvalue weighted by Gasteiger charge is 2.31. The maximum atomic E-state index is 5.95. The molecule has 28 heavy (non-hydrogen) atoms. The van der Waals surface area contributed by atoms with Gasteiger partial charge in [-0.1, -0.05) is 24.3 Å². The standard InChI is InChI=1S/C22H25NO5/c1-22(2)13-28-20(23-22)17-12-19(25-4)18(24-3)11-16(17)14-7-5-6-8-15(14)21-26-9-10-27-21/h5-8,11-12,21H,9-10,13H2,1-4H3. The molecule has 2 aliphatic heterocycles. The number of benzene rings is 2. The fraction of sp³-hybridized carbons (Fsp3) is 0.409. The summed E-state index contributed by atoms with van der Waals surface area (Å²) >= 11 is 0. The number of nitrogens with zero attached hydrogens (tertiary/aromatic N) is 1. The molecule has 2 heterocycles. The largest absolute Gasteiger partial charge is 0.493 e. The lowest BCUT2D eigenvalue weighted by molar-refractivity contribution is -0.0436. The highest BCUT2D eigenvalue weighted by atomic mass is 16.7. The Morgan fingerprint density at radius 1 is 0.929 bits per heavy atom. The Balaban J connectivity index is 1.91. The van der Waals surface area contributed by atoms with E-state index in [4.69, 9.17) is 28.7 Å². The summed E-state index contributed by atoms with van der Waals surface area (Å²) < 4.78 is 28.5. The fourth-order valence-electron chi connectivity index (χ4n) is 3.49. The molecule has 0 amide bonds. The minimum Gasteiger partial charge on any atom is -0.493 e. The smallest absolute Gasteiger partial charge is 0.217 e. The maximum absolute atomic E-state index is 5.95. The second-order valence-corrected chi connectivity index (χ2v) is 7.43. The van der Waals surface area contributed by atoms with Gasteiger partial charge < -0.3 is 23.7 Å². The van der Waals surface area contributed by atoms with E-state index in [0.29, 0.717) is 37.2 Å². The number of ether oxygens (including phenoxy) is 5. The van der Waals surface area contributed by atoms with Crippen molar-refractivity contribution < 1.29 is 23.7 Å². The van der Waals surface area contributed by atoms with Crippen LogP contribution in [0.2, 0.25) is 0 Å². The van der Waals surface area contributed by atoms with Gasteiger partial charge in [-0.2, -0.15) is 0 Å². The topological polar surface area (TPSA) is 58.5 Å². The van der Waals surface area contributed by atoms with Crippen LogP contribution < -0.4 is 9.47 Å². The van der Waals surface area contributed by atoms with Crippen LogP contribution in [0, 0.1) is 0 Å². The summed E-state index contributed by atoms with van der Waals surface area (Å²) in [5, 5.41) is 0. The van der Waals surface area contributed by atoms with Gasteiger partial charge in [0.2, 0.25) is 5.90 Å². The van der Waals surface area contributed by atoms with E-state index in [1.807, 2.05) is 36.4 Å². The van der Waals surface area contributed by atoms with Crippen molar-refractivity contribution in [3.63, 3.8) is 0 Å². The first kappa shape index (κ1) is 18.8. The molecule has 1 saturated heterocycles. The molecule has 2 aromatic rings. The lowest BCUT2D eigenvalue weighted by atomic mass is 9.94.